The number of halogens is 1. The Balaban J connectivity index is 2.38. The average molecular weight is 250 g/mol. The van der Waals surface area contributed by atoms with Crippen molar-refractivity contribution in [2.24, 2.45) is 0 Å². The van der Waals surface area contributed by atoms with Crippen LogP contribution in [0, 0.1) is 0 Å². The predicted molar refractivity (Wildman–Crippen MR) is 51.3 cm³/mol. The zero-order chi connectivity index (χ0) is 8.97. The van der Waals surface area contributed by atoms with Gasteiger partial charge in [-0.05, 0) is 22.0 Å². The normalized spacial score (nSPS) is 9.50. The second-order valence-electron chi connectivity index (χ2n) is 2.06. The molecule has 0 radical (unpaired) electrons. The quantitative estimate of drug-likeness (QED) is 0.875. The molecule has 0 spiro atoms. The Bertz CT molecular complexity index is 274. The van der Waals surface area contributed by atoms with Crippen molar-refractivity contribution in [3.8, 4) is 0 Å². The second-order valence-corrected chi connectivity index (χ2v) is 3.97. The molecule has 1 heterocycles. The molecule has 0 fully saturated rings. The summed E-state index contributed by atoms with van der Waals surface area (Å²) in [6.45, 7) is 0.329. The van der Waals surface area contributed by atoms with Crippen LogP contribution in [-0.2, 0) is 11.3 Å². The van der Waals surface area contributed by atoms with Crippen molar-refractivity contribution in [1.29, 1.82) is 0 Å². The van der Waals surface area contributed by atoms with Crippen LogP contribution >= 0.6 is 27.3 Å². The van der Waals surface area contributed by atoms with Gasteiger partial charge >= 0.3 is 6.09 Å². The van der Waals surface area contributed by atoms with Crippen LogP contribution in [0.15, 0.2) is 15.9 Å². The van der Waals surface area contributed by atoms with E-state index in [1.165, 1.54) is 7.05 Å². The highest BCUT2D eigenvalue weighted by Gasteiger charge is 2.01. The van der Waals surface area contributed by atoms with Crippen LogP contribution < -0.4 is 5.32 Å². The summed E-state index contributed by atoms with van der Waals surface area (Å²) in [5, 5.41) is 4.32. The van der Waals surface area contributed by atoms with E-state index in [9.17, 15) is 4.79 Å². The van der Waals surface area contributed by atoms with Crippen molar-refractivity contribution in [2.75, 3.05) is 7.05 Å². The molecular formula is C7H8BrNO2S. The molecule has 0 unspecified atom stereocenters. The molecule has 1 amide bonds. The van der Waals surface area contributed by atoms with Gasteiger partial charge in [-0.25, -0.2) is 4.79 Å². The van der Waals surface area contributed by atoms with Crippen LogP contribution in [0.2, 0.25) is 0 Å². The first-order chi connectivity index (χ1) is 5.72. The molecule has 3 nitrogen and oxygen atoms in total. The fourth-order valence-electron chi connectivity index (χ4n) is 0.638. The largest absolute Gasteiger partial charge is 0.444 e. The van der Waals surface area contributed by atoms with Gasteiger partial charge in [0.1, 0.15) is 6.61 Å². The summed E-state index contributed by atoms with van der Waals surface area (Å²) in [5.74, 6) is 0. The molecule has 0 bridgehead atoms. The van der Waals surface area contributed by atoms with Gasteiger partial charge in [-0.3, -0.25) is 0 Å². The molecule has 5 heteroatoms. The van der Waals surface area contributed by atoms with Gasteiger partial charge in [0, 0.05) is 21.8 Å². The number of rotatable bonds is 2. The topological polar surface area (TPSA) is 38.3 Å². The van der Waals surface area contributed by atoms with Crippen molar-refractivity contribution >= 4 is 33.4 Å². The highest BCUT2D eigenvalue weighted by atomic mass is 79.9. The van der Waals surface area contributed by atoms with E-state index < -0.39 is 6.09 Å². The number of nitrogens with one attached hydrogen (secondary N) is 1. The van der Waals surface area contributed by atoms with Crippen molar-refractivity contribution in [1.82, 2.24) is 5.32 Å². The Hall–Kier alpha value is -0.550. The van der Waals surface area contributed by atoms with E-state index in [1.54, 1.807) is 11.3 Å². The summed E-state index contributed by atoms with van der Waals surface area (Å²) >= 11 is 4.86. The fraction of sp³-hybridized carbons (Fsp3) is 0.286. The Morgan fingerprint density at radius 2 is 2.58 bits per heavy atom. The number of ether oxygens (including phenoxy) is 1. The Kier molecular flexibility index (Phi) is 3.55. The van der Waals surface area contributed by atoms with E-state index in [-0.39, 0.29) is 0 Å². The number of alkyl carbamates (subject to hydrolysis) is 1. The first-order valence-electron chi connectivity index (χ1n) is 3.30. The average Bonchev–Trinajstić information content (AvgIpc) is 2.47. The maximum atomic E-state index is 10.7. The minimum atomic E-state index is -0.403. The summed E-state index contributed by atoms with van der Waals surface area (Å²) < 4.78 is 5.85. The smallest absolute Gasteiger partial charge is 0.407 e. The summed E-state index contributed by atoms with van der Waals surface area (Å²) in [6, 6.07) is 1.92. The number of carbonyl (C=O) groups excluding carboxylic acids is 1. The molecule has 0 aliphatic carbocycles. The summed E-state index contributed by atoms with van der Waals surface area (Å²) in [6.07, 6.45) is -0.403. The van der Waals surface area contributed by atoms with Crippen molar-refractivity contribution in [3.05, 3.63) is 20.8 Å². The lowest BCUT2D eigenvalue weighted by molar-refractivity contribution is 0.143. The molecule has 0 aliphatic heterocycles. The zero-order valence-corrected chi connectivity index (χ0v) is 8.87. The number of thiophene rings is 1. The van der Waals surface area contributed by atoms with Crippen LogP contribution in [0.3, 0.4) is 0 Å². The van der Waals surface area contributed by atoms with E-state index in [0.29, 0.717) is 6.61 Å². The molecule has 1 aromatic rings. The first kappa shape index (κ1) is 9.54. The van der Waals surface area contributed by atoms with E-state index in [2.05, 4.69) is 21.2 Å². The van der Waals surface area contributed by atoms with Gasteiger partial charge in [0.15, 0.2) is 0 Å². The predicted octanol–water partition coefficient (Wildman–Crippen LogP) is 2.37. The van der Waals surface area contributed by atoms with E-state index >= 15 is 0 Å². The Labute approximate surface area is 82.9 Å². The number of carbonyl (C=O) groups is 1. The molecule has 0 atom stereocenters. The molecule has 0 saturated carbocycles. The molecule has 0 aliphatic rings. The molecule has 0 aromatic carbocycles. The van der Waals surface area contributed by atoms with Gasteiger partial charge in [0.25, 0.3) is 0 Å². The highest BCUT2D eigenvalue weighted by molar-refractivity contribution is 9.10. The number of hydrogen-bond acceptors (Lipinski definition) is 3. The van der Waals surface area contributed by atoms with Gasteiger partial charge in [-0.2, -0.15) is 0 Å². The molecule has 66 valence electrons. The SMILES string of the molecule is CNC(=O)OCc1cc(Br)cs1. The summed E-state index contributed by atoms with van der Waals surface area (Å²) in [7, 11) is 1.53. The van der Waals surface area contributed by atoms with E-state index in [4.69, 9.17) is 4.74 Å². The van der Waals surface area contributed by atoms with Crippen molar-refractivity contribution in [3.63, 3.8) is 0 Å². The van der Waals surface area contributed by atoms with Gasteiger partial charge in [-0.1, -0.05) is 0 Å². The van der Waals surface area contributed by atoms with Crippen LogP contribution in [0.1, 0.15) is 4.88 Å². The van der Waals surface area contributed by atoms with E-state index in [0.717, 1.165) is 9.35 Å². The molecule has 0 saturated heterocycles. The van der Waals surface area contributed by atoms with Crippen LogP contribution in [0.25, 0.3) is 0 Å². The molecule has 1 N–H and O–H groups in total. The lowest BCUT2D eigenvalue weighted by atomic mass is 10.5. The lowest BCUT2D eigenvalue weighted by Crippen LogP contribution is -2.18. The van der Waals surface area contributed by atoms with Crippen molar-refractivity contribution < 1.29 is 9.53 Å². The summed E-state index contributed by atoms with van der Waals surface area (Å²) in [5.41, 5.74) is 0. The third-order valence-corrected chi connectivity index (χ3v) is 2.84. The van der Waals surface area contributed by atoms with Gasteiger partial charge in [-0.15, -0.1) is 11.3 Å². The van der Waals surface area contributed by atoms with Crippen LogP contribution in [0.5, 0.6) is 0 Å². The molecule has 1 aromatic heterocycles. The minimum absolute atomic E-state index is 0.329. The van der Waals surface area contributed by atoms with Gasteiger partial charge < -0.3 is 10.1 Å². The van der Waals surface area contributed by atoms with Crippen LogP contribution in [-0.4, -0.2) is 13.1 Å². The lowest BCUT2D eigenvalue weighted by Gasteiger charge is -2.00. The summed E-state index contributed by atoms with van der Waals surface area (Å²) in [4.78, 5) is 11.7. The second kappa shape index (κ2) is 4.47. The number of hydrogen-bond donors (Lipinski definition) is 1. The third-order valence-electron chi connectivity index (χ3n) is 1.17. The molecule has 12 heavy (non-hydrogen) atoms. The fourth-order valence-corrected chi connectivity index (χ4v) is 2.00. The Morgan fingerprint density at radius 3 is 3.08 bits per heavy atom. The van der Waals surface area contributed by atoms with Gasteiger partial charge in [0.2, 0.25) is 0 Å². The molecular weight excluding hydrogens is 242 g/mol. The third kappa shape index (κ3) is 2.83. The van der Waals surface area contributed by atoms with Crippen molar-refractivity contribution in [2.45, 2.75) is 6.61 Å². The zero-order valence-electron chi connectivity index (χ0n) is 6.46. The van der Waals surface area contributed by atoms with E-state index in [1.807, 2.05) is 11.4 Å². The first-order valence-corrected chi connectivity index (χ1v) is 4.97. The highest BCUT2D eigenvalue weighted by Crippen LogP contribution is 2.20. The standard InChI is InChI=1S/C7H8BrNO2S/c1-9-7(10)11-3-6-2-5(8)4-12-6/h2,4H,3H2,1H3,(H,9,10). The Morgan fingerprint density at radius 1 is 1.83 bits per heavy atom. The van der Waals surface area contributed by atoms with Crippen LogP contribution in [0.4, 0.5) is 4.79 Å². The minimum Gasteiger partial charge on any atom is -0.444 e. The number of amides is 1. The molecule has 1 rings (SSSR count). The maximum Gasteiger partial charge on any atom is 0.407 e. The monoisotopic (exact) mass is 249 g/mol. The van der Waals surface area contributed by atoms with Gasteiger partial charge in [0.05, 0.1) is 0 Å². The maximum absolute atomic E-state index is 10.7.